The summed E-state index contributed by atoms with van der Waals surface area (Å²) in [5, 5.41) is 0. The molecule has 2 aromatic rings. The van der Waals surface area contributed by atoms with Crippen LogP contribution in [0.1, 0.15) is 36.6 Å². The highest BCUT2D eigenvalue weighted by atomic mass is 32.3. The van der Waals surface area contributed by atoms with Crippen LogP contribution in [0.2, 0.25) is 0 Å². The van der Waals surface area contributed by atoms with E-state index < -0.39 is 10.4 Å². The molecule has 1 aromatic heterocycles. The molecule has 0 saturated heterocycles. The van der Waals surface area contributed by atoms with Crippen molar-refractivity contribution in [3.8, 4) is 5.75 Å². The van der Waals surface area contributed by atoms with E-state index in [9.17, 15) is 8.42 Å². The van der Waals surface area contributed by atoms with E-state index in [1.54, 1.807) is 12.3 Å². The number of aromatic nitrogens is 1. The van der Waals surface area contributed by atoms with Crippen LogP contribution in [0, 0.1) is 0 Å². The summed E-state index contributed by atoms with van der Waals surface area (Å²) in [6.45, 7) is 3.72. The van der Waals surface area contributed by atoms with Gasteiger partial charge in [0, 0.05) is 6.20 Å². The molecule has 1 heterocycles. The van der Waals surface area contributed by atoms with E-state index in [-0.39, 0.29) is 11.7 Å². The summed E-state index contributed by atoms with van der Waals surface area (Å²) in [4.78, 5) is 4.22. The predicted octanol–water partition coefficient (Wildman–Crippen LogP) is 3.56. The molecule has 0 saturated carbocycles. The van der Waals surface area contributed by atoms with Crippen molar-refractivity contribution in [1.29, 1.82) is 0 Å². The van der Waals surface area contributed by atoms with Crippen molar-refractivity contribution < 1.29 is 17.2 Å². The van der Waals surface area contributed by atoms with Crippen molar-refractivity contribution in [2.24, 2.45) is 0 Å². The third-order valence-corrected chi connectivity index (χ3v) is 3.30. The van der Waals surface area contributed by atoms with Crippen LogP contribution >= 0.6 is 0 Å². The number of pyridine rings is 1. The van der Waals surface area contributed by atoms with Crippen LogP contribution in [0.15, 0.2) is 42.6 Å². The minimum Gasteiger partial charge on any atom is -0.360 e. The van der Waals surface area contributed by atoms with Crippen LogP contribution in [-0.4, -0.2) is 18.0 Å². The summed E-state index contributed by atoms with van der Waals surface area (Å²) in [5.41, 5.74) is 2.15. The average molecular weight is 319 g/mol. The minimum absolute atomic E-state index is 0.0349. The number of hydrogen-bond acceptors (Lipinski definition) is 4. The van der Waals surface area contributed by atoms with Crippen molar-refractivity contribution in [2.45, 2.75) is 19.8 Å². The fourth-order valence-corrected chi connectivity index (χ4v) is 2.29. The van der Waals surface area contributed by atoms with E-state index in [0.717, 1.165) is 5.56 Å². The lowest BCUT2D eigenvalue weighted by atomic mass is 10.1. The van der Waals surface area contributed by atoms with Gasteiger partial charge in [-0.25, -0.2) is 0 Å². The Balaban J connectivity index is 2.34. The Morgan fingerprint density at radius 2 is 1.77 bits per heavy atom. The van der Waals surface area contributed by atoms with E-state index in [4.69, 9.17) is 4.55 Å². The molecule has 5 nitrogen and oxygen atoms in total. The Labute approximate surface area is 130 Å². The van der Waals surface area contributed by atoms with E-state index in [1.165, 1.54) is 6.07 Å². The van der Waals surface area contributed by atoms with Crippen molar-refractivity contribution in [3.63, 3.8) is 0 Å². The lowest BCUT2D eigenvalue weighted by Crippen LogP contribution is -2.10. The fourth-order valence-electron chi connectivity index (χ4n) is 1.93. The highest BCUT2D eigenvalue weighted by Crippen LogP contribution is 2.27. The zero-order valence-corrected chi connectivity index (χ0v) is 13.1. The molecule has 0 radical (unpaired) electrons. The van der Waals surface area contributed by atoms with E-state index in [0.29, 0.717) is 11.3 Å². The highest BCUT2D eigenvalue weighted by molar-refractivity contribution is 7.81. The second-order valence-corrected chi connectivity index (χ2v) is 6.08. The molecule has 0 amide bonds. The number of hydrogen-bond donors (Lipinski definition) is 1. The van der Waals surface area contributed by atoms with Crippen molar-refractivity contribution in [2.75, 3.05) is 0 Å². The zero-order chi connectivity index (χ0) is 16.2. The molecule has 0 bridgehead atoms. The molecule has 0 aliphatic heterocycles. The highest BCUT2D eigenvalue weighted by Gasteiger charge is 2.15. The summed E-state index contributed by atoms with van der Waals surface area (Å²) in [6.07, 6.45) is 5.30. The van der Waals surface area contributed by atoms with Gasteiger partial charge in [0.25, 0.3) is 0 Å². The Morgan fingerprint density at radius 3 is 2.36 bits per heavy atom. The Morgan fingerprint density at radius 1 is 1.14 bits per heavy atom. The number of benzene rings is 1. The summed E-state index contributed by atoms with van der Waals surface area (Å²) < 4.78 is 35.4. The van der Waals surface area contributed by atoms with Crippen LogP contribution in [0.3, 0.4) is 0 Å². The normalized spacial score (nSPS) is 12.0. The predicted molar refractivity (Wildman–Crippen MR) is 85.9 cm³/mol. The third kappa shape index (κ3) is 4.68. The second-order valence-electron chi connectivity index (χ2n) is 5.06. The first-order valence-electron chi connectivity index (χ1n) is 6.75. The molecule has 116 valence electrons. The van der Waals surface area contributed by atoms with Gasteiger partial charge in [-0.15, -0.1) is 0 Å². The lowest BCUT2D eigenvalue weighted by molar-refractivity contribution is 0.383. The van der Waals surface area contributed by atoms with Crippen molar-refractivity contribution >= 4 is 22.6 Å². The van der Waals surface area contributed by atoms with Gasteiger partial charge in [0.2, 0.25) is 0 Å². The van der Waals surface area contributed by atoms with Crippen LogP contribution in [0.5, 0.6) is 5.75 Å². The van der Waals surface area contributed by atoms with Gasteiger partial charge in [-0.05, 0) is 23.1 Å². The first-order chi connectivity index (χ1) is 10.3. The molecule has 6 heteroatoms. The molecule has 0 atom stereocenters. The lowest BCUT2D eigenvalue weighted by Gasteiger charge is -2.11. The molecule has 0 aliphatic rings. The van der Waals surface area contributed by atoms with Crippen molar-refractivity contribution in [3.05, 3.63) is 59.4 Å². The second kappa shape index (κ2) is 6.72. The number of nitrogens with zero attached hydrogens (tertiary/aromatic N) is 1. The van der Waals surface area contributed by atoms with Crippen LogP contribution in [-0.2, 0) is 10.4 Å². The molecule has 0 fully saturated rings. The molecule has 1 aromatic carbocycles. The fraction of sp³-hybridized carbons (Fsp3) is 0.188. The quantitative estimate of drug-likeness (QED) is 0.853. The van der Waals surface area contributed by atoms with Gasteiger partial charge in [0.15, 0.2) is 5.75 Å². The minimum atomic E-state index is -4.58. The Bertz CT molecular complexity index is 768. The van der Waals surface area contributed by atoms with Gasteiger partial charge in [0.1, 0.15) is 0 Å². The standard InChI is InChI=1S/C16H17NO4S/c1-12(2)16-15(21-22(18,19)20)10-14(11-17-16)9-8-13-6-4-3-5-7-13/h3-12H,1-2H3,(H,18,19,20). The molecule has 1 N–H and O–H groups in total. The Kier molecular flexibility index (Phi) is 4.95. The molecular formula is C16H17NO4S. The van der Waals surface area contributed by atoms with E-state index in [1.807, 2.05) is 50.3 Å². The van der Waals surface area contributed by atoms with Crippen LogP contribution in [0.25, 0.3) is 12.2 Å². The van der Waals surface area contributed by atoms with Gasteiger partial charge in [-0.2, -0.15) is 8.42 Å². The zero-order valence-electron chi connectivity index (χ0n) is 12.3. The summed E-state index contributed by atoms with van der Waals surface area (Å²) in [5.74, 6) is -0.00313. The van der Waals surface area contributed by atoms with Crippen molar-refractivity contribution in [1.82, 2.24) is 4.98 Å². The summed E-state index contributed by atoms with van der Waals surface area (Å²) >= 11 is 0. The maximum Gasteiger partial charge on any atom is 0.446 e. The van der Waals surface area contributed by atoms with E-state index >= 15 is 0 Å². The molecule has 0 aliphatic carbocycles. The molecule has 0 spiro atoms. The first kappa shape index (κ1) is 16.2. The maximum absolute atomic E-state index is 11.0. The average Bonchev–Trinajstić information content (AvgIpc) is 2.44. The summed E-state index contributed by atoms with van der Waals surface area (Å²) in [7, 11) is -4.58. The molecule has 0 unspecified atom stereocenters. The monoisotopic (exact) mass is 319 g/mol. The van der Waals surface area contributed by atoms with Gasteiger partial charge >= 0.3 is 10.4 Å². The molecular weight excluding hydrogens is 302 g/mol. The molecule has 2 rings (SSSR count). The first-order valence-corrected chi connectivity index (χ1v) is 8.11. The smallest absolute Gasteiger partial charge is 0.360 e. The maximum atomic E-state index is 11.0. The van der Waals surface area contributed by atoms with E-state index in [2.05, 4.69) is 9.17 Å². The summed E-state index contributed by atoms with van der Waals surface area (Å²) in [6, 6.07) is 11.2. The topological polar surface area (TPSA) is 76.5 Å². The van der Waals surface area contributed by atoms with Gasteiger partial charge in [-0.3, -0.25) is 9.54 Å². The van der Waals surface area contributed by atoms with Gasteiger partial charge in [-0.1, -0.05) is 56.3 Å². The van der Waals surface area contributed by atoms with Crippen LogP contribution in [0.4, 0.5) is 0 Å². The third-order valence-electron chi connectivity index (χ3n) is 2.91. The SMILES string of the molecule is CC(C)c1ncc(C=Cc2ccccc2)cc1OS(=O)(=O)O. The largest absolute Gasteiger partial charge is 0.446 e. The molecule has 22 heavy (non-hydrogen) atoms. The van der Waals surface area contributed by atoms with Gasteiger partial charge < -0.3 is 4.18 Å². The van der Waals surface area contributed by atoms with Gasteiger partial charge in [0.05, 0.1) is 5.69 Å². The number of rotatable bonds is 5. The Hall–Kier alpha value is -2.18. The van der Waals surface area contributed by atoms with Crippen LogP contribution < -0.4 is 4.18 Å².